The van der Waals surface area contributed by atoms with E-state index in [1.54, 1.807) is 18.2 Å². The molecule has 0 bridgehead atoms. The molecule has 0 unspecified atom stereocenters. The number of halogens is 2. The van der Waals surface area contributed by atoms with E-state index in [1.165, 1.54) is 12.8 Å². The summed E-state index contributed by atoms with van der Waals surface area (Å²) in [6, 6.07) is 4.84. The van der Waals surface area contributed by atoms with Gasteiger partial charge in [-0.2, -0.15) is 0 Å². The van der Waals surface area contributed by atoms with Crippen molar-refractivity contribution in [2.45, 2.75) is 50.7 Å². The van der Waals surface area contributed by atoms with Gasteiger partial charge in [-0.15, -0.1) is 0 Å². The summed E-state index contributed by atoms with van der Waals surface area (Å²) in [5, 5.41) is 4.04. The smallest absolute Gasteiger partial charge is 0.255 e. The molecule has 2 atom stereocenters. The Kier molecular flexibility index (Phi) is 7.75. The third-order valence-corrected chi connectivity index (χ3v) is 7.35. The second-order valence-electron chi connectivity index (χ2n) is 8.82. The zero-order valence-corrected chi connectivity index (χ0v) is 19.3. The van der Waals surface area contributed by atoms with E-state index in [-0.39, 0.29) is 24.0 Å². The number of rotatable bonds is 6. The molecule has 1 N–H and O–H groups in total. The molecular weight excluding hydrogens is 437 g/mol. The largest absolute Gasteiger partial charge is 0.376 e. The number of nitrogens with zero attached hydrogens (tertiary/aromatic N) is 2. The fraction of sp³-hybridized carbons (Fsp3) is 0.652. The Morgan fingerprint density at radius 2 is 1.81 bits per heavy atom. The maximum absolute atomic E-state index is 13.2. The molecule has 1 saturated carbocycles. The molecule has 0 radical (unpaired) electrons. The number of amides is 2. The van der Waals surface area contributed by atoms with Gasteiger partial charge in [0.1, 0.15) is 0 Å². The first-order valence-electron chi connectivity index (χ1n) is 11.4. The van der Waals surface area contributed by atoms with E-state index in [0.717, 1.165) is 32.3 Å². The van der Waals surface area contributed by atoms with Crippen molar-refractivity contribution in [3.63, 3.8) is 0 Å². The second-order valence-corrected chi connectivity index (χ2v) is 9.67. The van der Waals surface area contributed by atoms with Gasteiger partial charge in [0.25, 0.3) is 5.91 Å². The van der Waals surface area contributed by atoms with Gasteiger partial charge in [-0.25, -0.2) is 0 Å². The lowest BCUT2D eigenvalue weighted by atomic mass is 9.94. The van der Waals surface area contributed by atoms with Crippen molar-refractivity contribution in [1.29, 1.82) is 0 Å². The maximum Gasteiger partial charge on any atom is 0.255 e. The highest BCUT2D eigenvalue weighted by atomic mass is 35.5. The van der Waals surface area contributed by atoms with E-state index in [2.05, 4.69) is 10.2 Å². The highest BCUT2D eigenvalue weighted by Gasteiger charge is 2.37. The first kappa shape index (κ1) is 22.8. The first-order valence-corrected chi connectivity index (χ1v) is 12.2. The summed E-state index contributed by atoms with van der Waals surface area (Å²) in [5.41, 5.74) is 0.473. The summed E-state index contributed by atoms with van der Waals surface area (Å²) in [5.74, 6) is 0.418. The van der Waals surface area contributed by atoms with Crippen LogP contribution in [0, 0.1) is 5.92 Å². The summed E-state index contributed by atoms with van der Waals surface area (Å²) in [7, 11) is 0. The van der Waals surface area contributed by atoms with Crippen LogP contribution < -0.4 is 5.32 Å². The summed E-state index contributed by atoms with van der Waals surface area (Å²) in [4.78, 5) is 30.2. The van der Waals surface area contributed by atoms with E-state index in [4.69, 9.17) is 27.9 Å². The molecular formula is C23H31Cl2N3O3. The van der Waals surface area contributed by atoms with Gasteiger partial charge in [-0.1, -0.05) is 36.0 Å². The van der Waals surface area contributed by atoms with Crippen molar-refractivity contribution in [2.24, 2.45) is 5.92 Å². The SMILES string of the molecule is O=C(NC[C@H]1CCCO1)[C@H](C1CCCC1)N1CCN(C(=O)c2ccc(Cl)cc2Cl)CC1. The molecule has 170 valence electrons. The number of benzene rings is 1. The first-order chi connectivity index (χ1) is 15.0. The molecule has 0 aromatic heterocycles. The van der Waals surface area contributed by atoms with Crippen LogP contribution in [-0.2, 0) is 9.53 Å². The van der Waals surface area contributed by atoms with Crippen molar-refractivity contribution >= 4 is 35.0 Å². The van der Waals surface area contributed by atoms with Crippen molar-refractivity contribution in [3.8, 4) is 0 Å². The van der Waals surface area contributed by atoms with Crippen LogP contribution >= 0.6 is 23.2 Å². The fourth-order valence-corrected chi connectivity index (χ4v) is 5.60. The van der Waals surface area contributed by atoms with E-state index in [9.17, 15) is 9.59 Å². The van der Waals surface area contributed by atoms with Crippen LogP contribution in [0.4, 0.5) is 0 Å². The van der Waals surface area contributed by atoms with E-state index >= 15 is 0 Å². The third kappa shape index (κ3) is 5.54. The molecule has 1 aromatic carbocycles. The Morgan fingerprint density at radius 3 is 2.45 bits per heavy atom. The number of piperazine rings is 1. The summed E-state index contributed by atoms with van der Waals surface area (Å²) in [6.07, 6.45) is 6.80. The lowest BCUT2D eigenvalue weighted by molar-refractivity contribution is -0.129. The topological polar surface area (TPSA) is 61.9 Å². The molecule has 8 heteroatoms. The molecule has 6 nitrogen and oxygen atoms in total. The molecule has 2 aliphatic heterocycles. The van der Waals surface area contributed by atoms with Crippen LogP contribution in [0.15, 0.2) is 18.2 Å². The van der Waals surface area contributed by atoms with Gasteiger partial charge < -0.3 is 15.0 Å². The van der Waals surface area contributed by atoms with Gasteiger partial charge in [0.2, 0.25) is 5.91 Å². The van der Waals surface area contributed by atoms with Gasteiger partial charge >= 0.3 is 0 Å². The molecule has 2 saturated heterocycles. The minimum atomic E-state index is -0.125. The molecule has 3 fully saturated rings. The highest BCUT2D eigenvalue weighted by Crippen LogP contribution is 2.31. The second kappa shape index (κ2) is 10.5. The lowest BCUT2D eigenvalue weighted by Crippen LogP contribution is -2.58. The van der Waals surface area contributed by atoms with Gasteiger partial charge in [-0.3, -0.25) is 14.5 Å². The van der Waals surface area contributed by atoms with Crippen LogP contribution in [0.3, 0.4) is 0 Å². The van der Waals surface area contributed by atoms with Crippen molar-refractivity contribution in [1.82, 2.24) is 15.1 Å². The Bertz CT molecular complexity index is 786. The molecule has 3 aliphatic rings. The zero-order valence-electron chi connectivity index (χ0n) is 17.8. The normalized spacial score (nSPS) is 23.8. The van der Waals surface area contributed by atoms with E-state index < -0.39 is 0 Å². The minimum Gasteiger partial charge on any atom is -0.376 e. The van der Waals surface area contributed by atoms with Crippen LogP contribution in [0.25, 0.3) is 0 Å². The average Bonchev–Trinajstić information content (AvgIpc) is 3.47. The summed E-state index contributed by atoms with van der Waals surface area (Å²) < 4.78 is 5.66. The maximum atomic E-state index is 13.2. The van der Waals surface area contributed by atoms with Gasteiger partial charge in [-0.05, 0) is 49.8 Å². The third-order valence-electron chi connectivity index (χ3n) is 6.80. The monoisotopic (exact) mass is 467 g/mol. The predicted molar refractivity (Wildman–Crippen MR) is 122 cm³/mol. The number of carbonyl (C=O) groups is 2. The van der Waals surface area contributed by atoms with Gasteiger partial charge in [0.15, 0.2) is 0 Å². The summed E-state index contributed by atoms with van der Waals surface area (Å²) >= 11 is 12.2. The molecule has 2 heterocycles. The van der Waals surface area contributed by atoms with Crippen LogP contribution in [0.2, 0.25) is 10.0 Å². The Hall–Kier alpha value is -1.34. The summed E-state index contributed by atoms with van der Waals surface area (Å²) in [6.45, 7) is 3.92. The Balaban J connectivity index is 1.37. The van der Waals surface area contributed by atoms with Crippen LogP contribution in [0.1, 0.15) is 48.9 Å². The standard InChI is InChI=1S/C23H31Cl2N3O3/c24-17-7-8-19(20(25)14-17)23(30)28-11-9-27(10-12-28)21(16-4-1-2-5-16)22(29)26-15-18-6-3-13-31-18/h7-8,14,16,18,21H,1-6,9-13,15H2,(H,26,29)/t18-,21+/m1/s1. The van der Waals surface area contributed by atoms with Crippen LogP contribution in [-0.4, -0.2) is 73.1 Å². The highest BCUT2D eigenvalue weighted by molar-refractivity contribution is 6.36. The number of carbonyl (C=O) groups excluding carboxylic acids is 2. The molecule has 1 aliphatic carbocycles. The van der Waals surface area contributed by atoms with Gasteiger partial charge in [0.05, 0.1) is 22.7 Å². The van der Waals surface area contributed by atoms with Crippen molar-refractivity contribution in [3.05, 3.63) is 33.8 Å². The lowest BCUT2D eigenvalue weighted by Gasteiger charge is -2.41. The number of hydrogen-bond donors (Lipinski definition) is 1. The Morgan fingerprint density at radius 1 is 1.06 bits per heavy atom. The van der Waals surface area contributed by atoms with Crippen molar-refractivity contribution < 1.29 is 14.3 Å². The van der Waals surface area contributed by atoms with E-state index in [0.29, 0.717) is 54.3 Å². The predicted octanol–water partition coefficient (Wildman–Crippen LogP) is 3.61. The molecule has 4 rings (SSSR count). The number of ether oxygens (including phenoxy) is 1. The van der Waals surface area contributed by atoms with E-state index in [1.807, 2.05) is 4.90 Å². The minimum absolute atomic E-state index is 0.0819. The molecule has 2 amide bonds. The molecule has 31 heavy (non-hydrogen) atoms. The average molecular weight is 468 g/mol. The fourth-order valence-electron chi connectivity index (χ4n) is 5.11. The molecule has 1 aromatic rings. The zero-order chi connectivity index (χ0) is 21.8. The Labute approximate surface area is 194 Å². The molecule has 0 spiro atoms. The quantitative estimate of drug-likeness (QED) is 0.693. The number of nitrogens with one attached hydrogen (secondary N) is 1. The van der Waals surface area contributed by atoms with Gasteiger partial charge in [0, 0.05) is 44.4 Å². The van der Waals surface area contributed by atoms with Crippen molar-refractivity contribution in [2.75, 3.05) is 39.3 Å². The van der Waals surface area contributed by atoms with Crippen LogP contribution in [0.5, 0.6) is 0 Å². The number of hydrogen-bond acceptors (Lipinski definition) is 4.